The van der Waals surface area contributed by atoms with Crippen LogP contribution in [0.5, 0.6) is 0 Å². The van der Waals surface area contributed by atoms with E-state index in [1.165, 1.54) is 0 Å². The molecule has 0 spiro atoms. The monoisotopic (exact) mass is 272 g/mol. The minimum Gasteiger partial charge on any atom is -0.374 e. The summed E-state index contributed by atoms with van der Waals surface area (Å²) in [6.07, 6.45) is 0. The zero-order chi connectivity index (χ0) is 13.4. The summed E-state index contributed by atoms with van der Waals surface area (Å²) in [7, 11) is 0. The Morgan fingerprint density at radius 2 is 2.22 bits per heavy atom. The molecule has 2 N–H and O–H groups in total. The topological polar surface area (TPSA) is 76.1 Å². The largest absolute Gasteiger partial charge is 0.374 e. The van der Waals surface area contributed by atoms with Crippen molar-refractivity contribution in [1.29, 1.82) is 0 Å². The van der Waals surface area contributed by atoms with E-state index in [1.807, 2.05) is 13.8 Å². The number of nitrogens with one attached hydrogen (secondary N) is 2. The van der Waals surface area contributed by atoms with Gasteiger partial charge in [-0.25, -0.2) is 9.97 Å². The molecular formula is C11H17ClN4O2. The highest BCUT2D eigenvalue weighted by Crippen LogP contribution is 2.11. The van der Waals surface area contributed by atoms with Crippen molar-refractivity contribution in [2.24, 2.45) is 0 Å². The number of likely N-dealkylation sites (N-methyl/N-ethyl adjacent to an activating group) is 1. The fourth-order valence-electron chi connectivity index (χ4n) is 1.24. The lowest BCUT2D eigenvalue weighted by Gasteiger charge is -2.07. The van der Waals surface area contributed by atoms with Crippen LogP contribution in [0, 0.1) is 0 Å². The average molecular weight is 273 g/mol. The van der Waals surface area contributed by atoms with Gasteiger partial charge in [0.1, 0.15) is 17.6 Å². The molecule has 1 amide bonds. The van der Waals surface area contributed by atoms with Crippen LogP contribution in [0.1, 0.15) is 19.7 Å². The van der Waals surface area contributed by atoms with Crippen molar-refractivity contribution in [1.82, 2.24) is 15.3 Å². The molecule has 0 aromatic carbocycles. The Morgan fingerprint density at radius 3 is 2.89 bits per heavy atom. The molecule has 100 valence electrons. The molecule has 0 aliphatic rings. The smallest absolute Gasteiger partial charge is 0.239 e. The van der Waals surface area contributed by atoms with Gasteiger partial charge in [0, 0.05) is 19.2 Å². The van der Waals surface area contributed by atoms with Gasteiger partial charge in [-0.15, -0.1) is 0 Å². The summed E-state index contributed by atoms with van der Waals surface area (Å²) in [5.41, 5.74) is 0. The van der Waals surface area contributed by atoms with E-state index in [2.05, 4.69) is 20.6 Å². The van der Waals surface area contributed by atoms with Gasteiger partial charge in [0.15, 0.2) is 5.82 Å². The summed E-state index contributed by atoms with van der Waals surface area (Å²) in [6, 6.07) is 1.57. The molecular weight excluding hydrogens is 256 g/mol. The minimum absolute atomic E-state index is 0.0985. The molecule has 0 bridgehead atoms. The number of ether oxygens (including phenoxy) is 1. The normalized spacial score (nSPS) is 10.2. The zero-order valence-electron chi connectivity index (χ0n) is 10.5. The number of halogens is 1. The van der Waals surface area contributed by atoms with Gasteiger partial charge in [-0.2, -0.15) is 0 Å². The molecule has 0 radical (unpaired) electrons. The third kappa shape index (κ3) is 5.29. The number of aromatic nitrogens is 2. The second kappa shape index (κ2) is 7.84. The fourth-order valence-corrected chi connectivity index (χ4v) is 1.44. The van der Waals surface area contributed by atoms with E-state index in [0.29, 0.717) is 36.6 Å². The van der Waals surface area contributed by atoms with Crippen molar-refractivity contribution >= 4 is 23.3 Å². The van der Waals surface area contributed by atoms with Gasteiger partial charge in [0.25, 0.3) is 0 Å². The predicted molar refractivity (Wildman–Crippen MR) is 69.5 cm³/mol. The van der Waals surface area contributed by atoms with Crippen molar-refractivity contribution in [3.05, 3.63) is 17.0 Å². The third-order valence-corrected chi connectivity index (χ3v) is 2.17. The summed E-state index contributed by atoms with van der Waals surface area (Å²) < 4.78 is 5.20. The van der Waals surface area contributed by atoms with Crippen molar-refractivity contribution in [3.63, 3.8) is 0 Å². The van der Waals surface area contributed by atoms with Crippen LogP contribution in [0.3, 0.4) is 0 Å². The van der Waals surface area contributed by atoms with Crippen molar-refractivity contribution < 1.29 is 9.53 Å². The highest BCUT2D eigenvalue weighted by Gasteiger charge is 2.05. The molecule has 0 atom stereocenters. The summed E-state index contributed by atoms with van der Waals surface area (Å²) in [5.74, 6) is 0.900. The van der Waals surface area contributed by atoms with E-state index in [-0.39, 0.29) is 12.5 Å². The standard InChI is InChI=1S/C11H17ClN4O2/c1-3-13-11(17)6-14-9-5-8(12)15-10(16-9)7-18-4-2/h5H,3-4,6-7H2,1-2H3,(H,13,17)(H,14,15,16). The highest BCUT2D eigenvalue weighted by atomic mass is 35.5. The summed E-state index contributed by atoms with van der Waals surface area (Å²) >= 11 is 5.86. The van der Waals surface area contributed by atoms with E-state index >= 15 is 0 Å². The maximum Gasteiger partial charge on any atom is 0.239 e. The average Bonchev–Trinajstić information content (AvgIpc) is 2.34. The van der Waals surface area contributed by atoms with Gasteiger partial charge < -0.3 is 15.4 Å². The van der Waals surface area contributed by atoms with Crippen LogP contribution in [0.15, 0.2) is 6.07 Å². The van der Waals surface area contributed by atoms with Crippen molar-refractivity contribution in [2.75, 3.05) is 25.0 Å². The quantitative estimate of drug-likeness (QED) is 0.730. The van der Waals surface area contributed by atoms with Crippen LogP contribution < -0.4 is 10.6 Å². The van der Waals surface area contributed by atoms with E-state index < -0.39 is 0 Å². The Hall–Kier alpha value is -1.40. The van der Waals surface area contributed by atoms with Gasteiger partial charge in [-0.05, 0) is 13.8 Å². The minimum atomic E-state index is -0.0985. The number of hydrogen-bond donors (Lipinski definition) is 2. The Labute approximate surface area is 111 Å². The fraction of sp³-hybridized carbons (Fsp3) is 0.545. The molecule has 18 heavy (non-hydrogen) atoms. The van der Waals surface area contributed by atoms with E-state index in [0.717, 1.165) is 0 Å². The maximum atomic E-state index is 11.3. The number of amides is 1. The third-order valence-electron chi connectivity index (χ3n) is 1.98. The maximum absolute atomic E-state index is 11.3. The number of carbonyl (C=O) groups is 1. The van der Waals surface area contributed by atoms with Gasteiger partial charge in [0.05, 0.1) is 6.54 Å². The molecule has 0 saturated heterocycles. The molecule has 0 aliphatic carbocycles. The van der Waals surface area contributed by atoms with Gasteiger partial charge in [0.2, 0.25) is 5.91 Å². The second-order valence-electron chi connectivity index (χ2n) is 3.44. The summed E-state index contributed by atoms with van der Waals surface area (Å²) in [4.78, 5) is 19.5. The van der Waals surface area contributed by atoms with Crippen LogP contribution in [0.4, 0.5) is 5.82 Å². The molecule has 1 heterocycles. The number of anilines is 1. The Bertz CT molecular complexity index is 401. The molecule has 1 aromatic rings. The second-order valence-corrected chi connectivity index (χ2v) is 3.82. The van der Waals surface area contributed by atoms with Crippen molar-refractivity contribution in [2.45, 2.75) is 20.5 Å². The van der Waals surface area contributed by atoms with Gasteiger partial charge in [-0.1, -0.05) is 11.6 Å². The molecule has 0 aliphatic heterocycles. The first-order chi connectivity index (χ1) is 8.65. The van der Waals surface area contributed by atoms with Crippen molar-refractivity contribution in [3.8, 4) is 0 Å². The van der Waals surface area contributed by atoms with E-state index in [9.17, 15) is 4.79 Å². The number of hydrogen-bond acceptors (Lipinski definition) is 5. The number of nitrogens with zero attached hydrogens (tertiary/aromatic N) is 2. The molecule has 0 fully saturated rings. The molecule has 1 rings (SSSR count). The predicted octanol–water partition coefficient (Wildman–Crippen LogP) is 1.21. The SMILES string of the molecule is CCNC(=O)CNc1cc(Cl)nc(COCC)n1. The lowest BCUT2D eigenvalue weighted by molar-refractivity contribution is -0.119. The molecule has 7 heteroatoms. The molecule has 1 aromatic heterocycles. The zero-order valence-corrected chi connectivity index (χ0v) is 11.3. The van der Waals surface area contributed by atoms with E-state index in [1.54, 1.807) is 6.07 Å². The number of rotatable bonds is 7. The first-order valence-corrected chi connectivity index (χ1v) is 6.15. The Morgan fingerprint density at radius 1 is 1.44 bits per heavy atom. The lowest BCUT2D eigenvalue weighted by atomic mass is 10.5. The van der Waals surface area contributed by atoms with Gasteiger partial charge in [-0.3, -0.25) is 4.79 Å². The van der Waals surface area contributed by atoms with Gasteiger partial charge >= 0.3 is 0 Å². The van der Waals surface area contributed by atoms with Crippen LogP contribution in [0.25, 0.3) is 0 Å². The Balaban J connectivity index is 2.59. The van der Waals surface area contributed by atoms with Crippen LogP contribution >= 0.6 is 11.6 Å². The Kier molecular flexibility index (Phi) is 6.38. The van der Waals surface area contributed by atoms with E-state index in [4.69, 9.17) is 16.3 Å². The summed E-state index contributed by atoms with van der Waals surface area (Å²) in [6.45, 7) is 5.37. The number of carbonyl (C=O) groups excluding carboxylic acids is 1. The van der Waals surface area contributed by atoms with Crippen LogP contribution in [-0.4, -0.2) is 35.6 Å². The first-order valence-electron chi connectivity index (χ1n) is 5.77. The summed E-state index contributed by atoms with van der Waals surface area (Å²) in [5, 5.41) is 5.88. The molecule has 0 saturated carbocycles. The molecule has 0 unspecified atom stereocenters. The van der Waals surface area contributed by atoms with Crippen LogP contribution in [0.2, 0.25) is 5.15 Å². The lowest BCUT2D eigenvalue weighted by Crippen LogP contribution is -2.29. The highest BCUT2D eigenvalue weighted by molar-refractivity contribution is 6.29. The van der Waals surface area contributed by atoms with Crippen LogP contribution in [-0.2, 0) is 16.1 Å². The first kappa shape index (κ1) is 14.7. The molecule has 6 nitrogen and oxygen atoms in total.